The van der Waals surface area contributed by atoms with Crippen molar-refractivity contribution in [3.05, 3.63) is 30.0 Å². The maximum absolute atomic E-state index is 4.43. The molecule has 0 aliphatic heterocycles. The number of aliphatic imine (C=N–C) groups is 1. The van der Waals surface area contributed by atoms with Crippen LogP contribution in [0, 0.1) is 0 Å². The van der Waals surface area contributed by atoms with Crippen molar-refractivity contribution in [2.75, 3.05) is 26.0 Å². The van der Waals surface area contributed by atoms with Gasteiger partial charge in [-0.15, -0.1) is 0 Å². The van der Waals surface area contributed by atoms with Crippen molar-refractivity contribution in [2.45, 2.75) is 20.3 Å². The Labute approximate surface area is 104 Å². The summed E-state index contributed by atoms with van der Waals surface area (Å²) in [6.45, 7) is 4.16. The Bertz CT molecular complexity index is 414. The first-order chi connectivity index (χ1) is 8.10. The molecule has 17 heavy (non-hydrogen) atoms. The smallest absolute Gasteiger partial charge is 0.127 e. The largest absolute Gasteiger partial charge is 0.363 e. The van der Waals surface area contributed by atoms with Gasteiger partial charge in [-0.2, -0.15) is 0 Å². The molecule has 0 amide bonds. The SMILES string of the molecule is CC/C=C(\C(C)=NC)c1ccc(N(C)C)nc1. The molecule has 3 nitrogen and oxygen atoms in total. The van der Waals surface area contributed by atoms with Gasteiger partial charge < -0.3 is 4.90 Å². The van der Waals surface area contributed by atoms with Crippen LogP contribution in [-0.4, -0.2) is 31.8 Å². The number of aromatic nitrogens is 1. The average Bonchev–Trinajstić information content (AvgIpc) is 2.35. The minimum Gasteiger partial charge on any atom is -0.363 e. The number of rotatable bonds is 4. The van der Waals surface area contributed by atoms with E-state index in [1.165, 1.54) is 5.57 Å². The molecule has 3 heteroatoms. The van der Waals surface area contributed by atoms with Crippen molar-refractivity contribution in [3.63, 3.8) is 0 Å². The second-order valence-corrected chi connectivity index (χ2v) is 4.13. The molecule has 0 aromatic carbocycles. The van der Waals surface area contributed by atoms with Crippen LogP contribution in [0.2, 0.25) is 0 Å². The van der Waals surface area contributed by atoms with E-state index < -0.39 is 0 Å². The summed E-state index contributed by atoms with van der Waals surface area (Å²) in [5, 5.41) is 0. The summed E-state index contributed by atoms with van der Waals surface area (Å²) in [7, 11) is 5.80. The van der Waals surface area contributed by atoms with Crippen molar-refractivity contribution in [1.82, 2.24) is 4.98 Å². The molecule has 0 atom stereocenters. The summed E-state index contributed by atoms with van der Waals surface area (Å²) in [5.74, 6) is 0.968. The number of hydrogen-bond acceptors (Lipinski definition) is 3. The van der Waals surface area contributed by atoms with Crippen LogP contribution in [-0.2, 0) is 0 Å². The Kier molecular flexibility index (Phi) is 4.88. The second kappa shape index (κ2) is 6.18. The molecule has 1 aromatic rings. The third kappa shape index (κ3) is 3.41. The maximum Gasteiger partial charge on any atom is 0.127 e. The fourth-order valence-corrected chi connectivity index (χ4v) is 1.61. The van der Waals surface area contributed by atoms with Crippen LogP contribution in [0.3, 0.4) is 0 Å². The van der Waals surface area contributed by atoms with Gasteiger partial charge in [0.1, 0.15) is 5.82 Å². The van der Waals surface area contributed by atoms with E-state index in [1.807, 2.05) is 45.2 Å². The van der Waals surface area contributed by atoms with Gasteiger partial charge in [-0.05, 0) is 31.1 Å². The molecule has 0 fully saturated rings. The molecule has 92 valence electrons. The van der Waals surface area contributed by atoms with E-state index in [-0.39, 0.29) is 0 Å². The summed E-state index contributed by atoms with van der Waals surface area (Å²) in [6, 6.07) is 4.13. The molecule has 0 aliphatic carbocycles. The van der Waals surface area contributed by atoms with Gasteiger partial charge in [-0.1, -0.05) is 13.0 Å². The van der Waals surface area contributed by atoms with Gasteiger partial charge in [0.15, 0.2) is 0 Å². The molecule has 1 aromatic heterocycles. The van der Waals surface area contributed by atoms with E-state index in [1.54, 1.807) is 0 Å². The van der Waals surface area contributed by atoms with Gasteiger partial charge in [-0.3, -0.25) is 4.99 Å². The topological polar surface area (TPSA) is 28.5 Å². The van der Waals surface area contributed by atoms with E-state index in [0.29, 0.717) is 0 Å². The van der Waals surface area contributed by atoms with Crippen LogP contribution in [0.1, 0.15) is 25.8 Å². The summed E-state index contributed by atoms with van der Waals surface area (Å²) in [6.07, 6.45) is 5.10. The summed E-state index contributed by atoms with van der Waals surface area (Å²) in [4.78, 5) is 10.7. The molecule has 1 heterocycles. The van der Waals surface area contributed by atoms with Crippen LogP contribution < -0.4 is 4.90 Å². The molecule has 0 saturated carbocycles. The fraction of sp³-hybridized carbons (Fsp3) is 0.429. The number of anilines is 1. The zero-order valence-corrected chi connectivity index (χ0v) is 11.4. The van der Waals surface area contributed by atoms with Crippen molar-refractivity contribution >= 4 is 17.1 Å². The van der Waals surface area contributed by atoms with Crippen molar-refractivity contribution < 1.29 is 0 Å². The molecule has 0 N–H and O–H groups in total. The Morgan fingerprint density at radius 3 is 2.53 bits per heavy atom. The lowest BCUT2D eigenvalue weighted by molar-refractivity contribution is 1.07. The molecular weight excluding hydrogens is 210 g/mol. The van der Waals surface area contributed by atoms with Crippen LogP contribution in [0.4, 0.5) is 5.82 Å². The third-order valence-electron chi connectivity index (χ3n) is 2.65. The fourth-order valence-electron chi connectivity index (χ4n) is 1.61. The van der Waals surface area contributed by atoms with Crippen molar-refractivity contribution in [1.29, 1.82) is 0 Å². The van der Waals surface area contributed by atoms with E-state index >= 15 is 0 Å². The summed E-state index contributed by atoms with van der Waals surface area (Å²) >= 11 is 0. The normalized spacial score (nSPS) is 12.8. The van der Waals surface area contributed by atoms with Gasteiger partial charge >= 0.3 is 0 Å². The van der Waals surface area contributed by atoms with Gasteiger partial charge in [0, 0.05) is 38.6 Å². The zero-order chi connectivity index (χ0) is 12.8. The van der Waals surface area contributed by atoms with Crippen molar-refractivity contribution in [2.24, 2.45) is 4.99 Å². The zero-order valence-electron chi connectivity index (χ0n) is 11.4. The first kappa shape index (κ1) is 13.4. The standard InChI is InChI=1S/C14H21N3/c1-6-7-13(11(2)15-3)12-8-9-14(16-10-12)17(4)5/h7-10H,6H2,1-5H3/b13-7+,15-11?. The van der Waals surface area contributed by atoms with E-state index in [4.69, 9.17) is 0 Å². The molecule has 0 aliphatic rings. The Hall–Kier alpha value is -1.64. The Morgan fingerprint density at radius 1 is 1.41 bits per heavy atom. The maximum atomic E-state index is 4.43. The van der Waals surface area contributed by atoms with Gasteiger partial charge in [-0.25, -0.2) is 4.98 Å². The number of pyridine rings is 1. The van der Waals surface area contributed by atoms with Gasteiger partial charge in [0.2, 0.25) is 0 Å². The highest BCUT2D eigenvalue weighted by molar-refractivity contribution is 6.22. The summed E-state index contributed by atoms with van der Waals surface area (Å²) < 4.78 is 0. The van der Waals surface area contributed by atoms with E-state index in [2.05, 4.69) is 29.0 Å². The highest BCUT2D eigenvalue weighted by atomic mass is 15.1. The molecule has 0 spiro atoms. The Morgan fingerprint density at radius 2 is 2.12 bits per heavy atom. The molecule has 0 unspecified atom stereocenters. The minimum absolute atomic E-state index is 0.968. The average molecular weight is 231 g/mol. The Balaban J connectivity index is 3.09. The molecule has 0 radical (unpaired) electrons. The highest BCUT2D eigenvalue weighted by Crippen LogP contribution is 2.18. The van der Waals surface area contributed by atoms with Crippen molar-refractivity contribution in [3.8, 4) is 0 Å². The first-order valence-corrected chi connectivity index (χ1v) is 5.87. The molecule has 0 bridgehead atoms. The summed E-state index contributed by atoms with van der Waals surface area (Å²) in [5.41, 5.74) is 3.35. The van der Waals surface area contributed by atoms with E-state index in [9.17, 15) is 0 Å². The predicted molar refractivity (Wildman–Crippen MR) is 75.9 cm³/mol. The van der Waals surface area contributed by atoms with Crippen LogP contribution >= 0.6 is 0 Å². The number of allylic oxidation sites excluding steroid dienone is 2. The minimum atomic E-state index is 0.968. The quantitative estimate of drug-likeness (QED) is 0.745. The van der Waals surface area contributed by atoms with E-state index in [0.717, 1.165) is 23.5 Å². The predicted octanol–water partition coefficient (Wildman–Crippen LogP) is 3.03. The van der Waals surface area contributed by atoms with Gasteiger partial charge in [0.05, 0.1) is 0 Å². The van der Waals surface area contributed by atoms with Crippen LogP contribution in [0.25, 0.3) is 5.57 Å². The monoisotopic (exact) mass is 231 g/mol. The molecule has 0 saturated heterocycles. The second-order valence-electron chi connectivity index (χ2n) is 4.13. The first-order valence-electron chi connectivity index (χ1n) is 5.87. The van der Waals surface area contributed by atoms with Crippen LogP contribution in [0.15, 0.2) is 29.4 Å². The van der Waals surface area contributed by atoms with Crippen LogP contribution in [0.5, 0.6) is 0 Å². The highest BCUT2D eigenvalue weighted by Gasteiger charge is 2.05. The lowest BCUT2D eigenvalue weighted by atomic mass is 10.0. The lowest BCUT2D eigenvalue weighted by Gasteiger charge is -2.12. The lowest BCUT2D eigenvalue weighted by Crippen LogP contribution is -2.10. The number of nitrogens with zero attached hydrogens (tertiary/aromatic N) is 3. The molecular formula is C14H21N3. The number of hydrogen-bond donors (Lipinski definition) is 0. The third-order valence-corrected chi connectivity index (χ3v) is 2.65. The molecule has 1 rings (SSSR count). The van der Waals surface area contributed by atoms with Gasteiger partial charge in [0.25, 0.3) is 0 Å².